The zero-order valence-corrected chi connectivity index (χ0v) is 13.6. The number of halogens is 2. The maximum Gasteiger partial charge on any atom is 0.200 e. The molecule has 6 heteroatoms. The maximum atomic E-state index is 13.9. The fourth-order valence-electron chi connectivity index (χ4n) is 2.90. The van der Waals surface area contributed by atoms with Crippen molar-refractivity contribution in [1.82, 2.24) is 14.5 Å². The molecule has 24 heavy (non-hydrogen) atoms. The summed E-state index contributed by atoms with van der Waals surface area (Å²) in [5.74, 6) is -0.133. The van der Waals surface area contributed by atoms with Crippen molar-refractivity contribution in [1.29, 1.82) is 0 Å². The van der Waals surface area contributed by atoms with Crippen LogP contribution in [-0.2, 0) is 6.54 Å². The zero-order valence-electron chi connectivity index (χ0n) is 12.8. The van der Waals surface area contributed by atoms with Crippen LogP contribution in [0.4, 0.5) is 4.39 Å². The van der Waals surface area contributed by atoms with E-state index in [9.17, 15) is 9.18 Å². The minimum atomic E-state index is -0.606. The van der Waals surface area contributed by atoms with E-state index in [1.165, 1.54) is 12.1 Å². The summed E-state index contributed by atoms with van der Waals surface area (Å²) in [7, 11) is 0. The Hall–Kier alpha value is -2.66. The Balaban J connectivity index is 2.07. The molecule has 2 aromatic heterocycles. The van der Waals surface area contributed by atoms with Gasteiger partial charge in [0.05, 0.1) is 27.1 Å². The number of pyridine rings is 1. The Morgan fingerprint density at radius 2 is 2.08 bits per heavy atom. The van der Waals surface area contributed by atoms with E-state index in [2.05, 4.69) is 9.97 Å². The summed E-state index contributed by atoms with van der Waals surface area (Å²) in [6, 6.07) is 10.2. The number of para-hydroxylation sites is 2. The fraction of sp³-hybridized carbons (Fsp3) is 0.111. The van der Waals surface area contributed by atoms with Crippen LogP contribution in [-0.4, -0.2) is 14.5 Å². The molecule has 0 spiro atoms. The molecule has 0 saturated heterocycles. The smallest absolute Gasteiger partial charge is 0.200 e. The van der Waals surface area contributed by atoms with Crippen molar-refractivity contribution in [3.05, 3.63) is 63.7 Å². The van der Waals surface area contributed by atoms with Gasteiger partial charge in [-0.2, -0.15) is 0 Å². The monoisotopic (exact) mass is 341 g/mol. The number of aromatic amines is 1. The zero-order chi connectivity index (χ0) is 16.8. The summed E-state index contributed by atoms with van der Waals surface area (Å²) in [5.41, 5.74) is 2.36. The van der Waals surface area contributed by atoms with Gasteiger partial charge in [-0.05, 0) is 31.2 Å². The molecule has 4 nitrogen and oxygen atoms in total. The van der Waals surface area contributed by atoms with Gasteiger partial charge in [0.1, 0.15) is 11.6 Å². The minimum absolute atomic E-state index is 0.000544. The van der Waals surface area contributed by atoms with Crippen molar-refractivity contribution in [3.8, 4) is 11.4 Å². The lowest BCUT2D eigenvalue weighted by molar-refractivity contribution is 0.629. The molecule has 120 valence electrons. The average Bonchev–Trinajstić information content (AvgIpc) is 3.01. The summed E-state index contributed by atoms with van der Waals surface area (Å²) in [4.78, 5) is 20.5. The molecule has 0 fully saturated rings. The summed E-state index contributed by atoms with van der Waals surface area (Å²) >= 11 is 5.87. The Bertz CT molecular complexity index is 1110. The van der Waals surface area contributed by atoms with Crippen LogP contribution in [0.5, 0.6) is 0 Å². The van der Waals surface area contributed by atoms with E-state index in [1.54, 1.807) is 6.20 Å². The van der Waals surface area contributed by atoms with E-state index >= 15 is 0 Å². The Labute approximate surface area is 141 Å². The van der Waals surface area contributed by atoms with Gasteiger partial charge in [0.25, 0.3) is 0 Å². The summed E-state index contributed by atoms with van der Waals surface area (Å²) in [6.45, 7) is 2.57. The summed E-state index contributed by atoms with van der Waals surface area (Å²) in [5, 5.41) is 0.289. The van der Waals surface area contributed by atoms with Crippen molar-refractivity contribution < 1.29 is 4.39 Å². The van der Waals surface area contributed by atoms with Crippen molar-refractivity contribution in [2.24, 2.45) is 0 Å². The number of nitrogens with zero attached hydrogens (tertiary/aromatic N) is 2. The van der Waals surface area contributed by atoms with E-state index in [1.807, 2.05) is 35.8 Å². The standard InChI is InChI=1S/C18H13ClFN3O/c1-2-23-9-11(18-21-14-5-3-4-6-15(14)22-18)17(24)10-7-13(20)12(19)8-16(10)23/h3-9H,2H2,1H3,(H,21,22). The molecule has 2 heterocycles. The largest absolute Gasteiger partial charge is 0.347 e. The lowest BCUT2D eigenvalue weighted by Crippen LogP contribution is -2.12. The van der Waals surface area contributed by atoms with Crippen molar-refractivity contribution in [3.63, 3.8) is 0 Å². The number of H-pyrrole nitrogens is 1. The van der Waals surface area contributed by atoms with E-state index in [0.29, 0.717) is 23.4 Å². The molecule has 1 N–H and O–H groups in total. The van der Waals surface area contributed by atoms with E-state index in [4.69, 9.17) is 11.6 Å². The van der Waals surface area contributed by atoms with Crippen molar-refractivity contribution in [2.75, 3.05) is 0 Å². The molecule has 0 unspecified atom stereocenters. The van der Waals surface area contributed by atoms with E-state index in [-0.39, 0.29) is 15.8 Å². The summed E-state index contributed by atoms with van der Waals surface area (Å²) in [6.07, 6.45) is 1.73. The first-order valence-electron chi connectivity index (χ1n) is 7.56. The summed E-state index contributed by atoms with van der Waals surface area (Å²) < 4.78 is 15.7. The number of aryl methyl sites for hydroxylation is 1. The highest BCUT2D eigenvalue weighted by molar-refractivity contribution is 6.31. The molecule has 0 amide bonds. The number of fused-ring (bicyclic) bond motifs is 2. The van der Waals surface area contributed by atoms with Gasteiger partial charge in [0.2, 0.25) is 0 Å². The van der Waals surface area contributed by atoms with Gasteiger partial charge in [-0.1, -0.05) is 23.7 Å². The van der Waals surface area contributed by atoms with Crippen LogP contribution in [0.3, 0.4) is 0 Å². The Morgan fingerprint density at radius 1 is 1.29 bits per heavy atom. The van der Waals surface area contributed by atoms with Crippen LogP contribution in [0.1, 0.15) is 6.92 Å². The van der Waals surface area contributed by atoms with E-state index < -0.39 is 5.82 Å². The normalized spacial score (nSPS) is 11.5. The van der Waals surface area contributed by atoms with Gasteiger partial charge in [0, 0.05) is 18.1 Å². The van der Waals surface area contributed by atoms with Gasteiger partial charge in [0.15, 0.2) is 5.43 Å². The van der Waals surface area contributed by atoms with Crippen molar-refractivity contribution >= 4 is 33.5 Å². The number of hydrogen-bond donors (Lipinski definition) is 1. The predicted molar refractivity (Wildman–Crippen MR) is 93.9 cm³/mol. The fourth-order valence-corrected chi connectivity index (χ4v) is 3.05. The third kappa shape index (κ3) is 2.20. The second-order valence-electron chi connectivity index (χ2n) is 5.54. The second-order valence-corrected chi connectivity index (χ2v) is 5.95. The van der Waals surface area contributed by atoms with Crippen LogP contribution in [0.15, 0.2) is 47.4 Å². The first kappa shape index (κ1) is 14.9. The van der Waals surface area contributed by atoms with Gasteiger partial charge in [-0.3, -0.25) is 4.79 Å². The topological polar surface area (TPSA) is 50.7 Å². The lowest BCUT2D eigenvalue weighted by atomic mass is 10.1. The van der Waals surface area contributed by atoms with Gasteiger partial charge < -0.3 is 9.55 Å². The quantitative estimate of drug-likeness (QED) is 0.589. The van der Waals surface area contributed by atoms with Crippen molar-refractivity contribution in [2.45, 2.75) is 13.5 Å². The molecular weight excluding hydrogens is 329 g/mol. The molecule has 0 bridgehead atoms. The molecular formula is C18H13ClFN3O. The molecule has 0 aliphatic carbocycles. The highest BCUT2D eigenvalue weighted by Gasteiger charge is 2.15. The molecule has 4 rings (SSSR count). The molecule has 0 aliphatic rings. The number of imidazole rings is 1. The number of rotatable bonds is 2. The molecule has 0 aliphatic heterocycles. The average molecular weight is 342 g/mol. The first-order valence-corrected chi connectivity index (χ1v) is 7.93. The lowest BCUT2D eigenvalue weighted by Gasteiger charge is -2.11. The SMILES string of the molecule is CCn1cc(-c2nc3ccccc3[nH]2)c(=O)c2cc(F)c(Cl)cc21. The van der Waals surface area contributed by atoms with Gasteiger partial charge in [-0.15, -0.1) is 0 Å². The molecule has 0 saturated carbocycles. The third-order valence-corrected chi connectivity index (χ3v) is 4.40. The molecule has 0 atom stereocenters. The van der Waals surface area contributed by atoms with Gasteiger partial charge >= 0.3 is 0 Å². The number of aromatic nitrogens is 3. The third-order valence-electron chi connectivity index (χ3n) is 4.11. The first-order chi connectivity index (χ1) is 11.6. The highest BCUT2D eigenvalue weighted by atomic mass is 35.5. The highest BCUT2D eigenvalue weighted by Crippen LogP contribution is 2.24. The maximum absolute atomic E-state index is 13.9. The van der Waals surface area contributed by atoms with Crippen LogP contribution in [0.2, 0.25) is 5.02 Å². The van der Waals surface area contributed by atoms with Crippen LogP contribution in [0.25, 0.3) is 33.3 Å². The second kappa shape index (κ2) is 5.46. The molecule has 0 radical (unpaired) electrons. The number of hydrogen-bond acceptors (Lipinski definition) is 2. The van der Waals surface area contributed by atoms with Crippen LogP contribution in [0, 0.1) is 5.82 Å². The predicted octanol–water partition coefficient (Wildman–Crippen LogP) is 4.36. The Kier molecular flexibility index (Phi) is 3.39. The number of benzene rings is 2. The van der Waals surface area contributed by atoms with E-state index in [0.717, 1.165) is 11.0 Å². The Morgan fingerprint density at radius 3 is 2.83 bits per heavy atom. The van der Waals surface area contributed by atoms with Crippen LogP contribution >= 0.6 is 11.6 Å². The minimum Gasteiger partial charge on any atom is -0.347 e. The van der Waals surface area contributed by atoms with Crippen LogP contribution < -0.4 is 5.43 Å². The molecule has 2 aromatic carbocycles. The molecule has 4 aromatic rings. The number of nitrogens with one attached hydrogen (secondary N) is 1. The van der Waals surface area contributed by atoms with Gasteiger partial charge in [-0.25, -0.2) is 9.37 Å².